The summed E-state index contributed by atoms with van der Waals surface area (Å²) in [6.07, 6.45) is 1.59. The molecule has 0 aliphatic rings. The molecule has 0 bridgehead atoms. The molecule has 0 spiro atoms. The van der Waals surface area contributed by atoms with Gasteiger partial charge in [-0.2, -0.15) is 0 Å². The van der Waals surface area contributed by atoms with E-state index in [1.165, 1.54) is 0 Å². The molecule has 1 N–H and O–H groups in total. The molecular formula is C6H11NOS. The molecular weight excluding hydrogens is 134 g/mol. The fraction of sp³-hybridized carbons (Fsp3) is 0.500. The number of rotatable bonds is 3. The predicted octanol–water partition coefficient (Wildman–Crippen LogP) is 0.424. The average molecular weight is 145 g/mol. The first-order valence-corrected chi connectivity index (χ1v) is 3.11. The third-order valence-electron chi connectivity index (χ3n) is 0.986. The zero-order valence-electron chi connectivity index (χ0n) is 5.50. The molecule has 0 fully saturated rings. The van der Waals surface area contributed by atoms with Crippen molar-refractivity contribution in [1.82, 2.24) is 4.90 Å². The van der Waals surface area contributed by atoms with E-state index in [0.717, 1.165) is 0 Å². The third kappa shape index (κ3) is 3.21. The normalized spacial score (nSPS) is 8.67. The van der Waals surface area contributed by atoms with Crippen molar-refractivity contribution in [3.8, 4) is 0 Å². The second-order valence-electron chi connectivity index (χ2n) is 1.69. The molecule has 0 aromatic carbocycles. The Morgan fingerprint density at radius 3 is 2.78 bits per heavy atom. The number of aliphatic hydroxyl groups excluding tert-OH is 1. The van der Waals surface area contributed by atoms with Crippen LogP contribution >= 0.6 is 12.2 Å². The van der Waals surface area contributed by atoms with Crippen LogP contribution in [0, 0.1) is 0 Å². The largest absolute Gasteiger partial charge is 0.395 e. The number of hydrogen-bond donors (Lipinski definition) is 1. The Morgan fingerprint density at radius 1 is 1.89 bits per heavy atom. The van der Waals surface area contributed by atoms with E-state index in [-0.39, 0.29) is 6.61 Å². The number of thiocarbonyl (C=S) groups is 1. The van der Waals surface area contributed by atoms with Gasteiger partial charge >= 0.3 is 0 Å². The summed E-state index contributed by atoms with van der Waals surface area (Å²) >= 11 is 4.84. The Labute approximate surface area is 60.8 Å². The van der Waals surface area contributed by atoms with Gasteiger partial charge in [-0.05, 0) is 6.08 Å². The number of likely N-dealkylation sites (N-methyl/N-ethyl adjacent to an activating group) is 1. The smallest absolute Gasteiger partial charge is 0.101 e. The number of aliphatic hydroxyl groups is 1. The molecule has 0 aromatic heterocycles. The molecule has 0 heterocycles. The maximum atomic E-state index is 8.45. The van der Waals surface area contributed by atoms with E-state index >= 15 is 0 Å². The van der Waals surface area contributed by atoms with Gasteiger partial charge in [0.05, 0.1) is 6.61 Å². The molecule has 52 valence electrons. The van der Waals surface area contributed by atoms with Crippen molar-refractivity contribution in [3.63, 3.8) is 0 Å². The molecule has 0 aliphatic carbocycles. The van der Waals surface area contributed by atoms with Crippen LogP contribution in [0.15, 0.2) is 12.7 Å². The van der Waals surface area contributed by atoms with E-state index in [4.69, 9.17) is 17.3 Å². The summed E-state index contributed by atoms with van der Waals surface area (Å²) in [6, 6.07) is 0. The van der Waals surface area contributed by atoms with Gasteiger partial charge in [0.15, 0.2) is 0 Å². The van der Waals surface area contributed by atoms with Crippen LogP contribution in [-0.2, 0) is 0 Å². The minimum Gasteiger partial charge on any atom is -0.395 e. The van der Waals surface area contributed by atoms with Crippen LogP contribution in [0.5, 0.6) is 0 Å². The quantitative estimate of drug-likeness (QED) is 0.460. The third-order valence-corrected chi connectivity index (χ3v) is 1.46. The monoisotopic (exact) mass is 145 g/mol. The highest BCUT2D eigenvalue weighted by atomic mass is 32.1. The maximum absolute atomic E-state index is 8.45. The standard InChI is InChI=1S/C6H11NOS/c1-3-6(9)7(2)4-5-8/h3,8H,1,4-5H2,2H3. The Kier molecular flexibility index (Phi) is 4.26. The molecule has 0 amide bonds. The SMILES string of the molecule is C=CC(=S)N(C)CCO. The molecule has 0 aromatic rings. The zero-order valence-corrected chi connectivity index (χ0v) is 6.32. The molecule has 2 nitrogen and oxygen atoms in total. The fourth-order valence-corrected chi connectivity index (χ4v) is 0.507. The molecule has 3 heteroatoms. The molecule has 0 radical (unpaired) electrons. The van der Waals surface area contributed by atoms with Crippen LogP contribution in [0.2, 0.25) is 0 Å². The summed E-state index contributed by atoms with van der Waals surface area (Å²) in [5.74, 6) is 0. The Morgan fingerprint density at radius 2 is 2.44 bits per heavy atom. The first-order chi connectivity index (χ1) is 4.22. The van der Waals surface area contributed by atoms with Gasteiger partial charge < -0.3 is 10.0 Å². The first-order valence-electron chi connectivity index (χ1n) is 2.70. The summed E-state index contributed by atoms with van der Waals surface area (Å²) in [6.45, 7) is 4.20. The van der Waals surface area contributed by atoms with Crippen LogP contribution in [-0.4, -0.2) is 35.2 Å². The lowest BCUT2D eigenvalue weighted by Gasteiger charge is -2.14. The van der Waals surface area contributed by atoms with Gasteiger partial charge in [-0.15, -0.1) is 0 Å². The minimum atomic E-state index is 0.129. The van der Waals surface area contributed by atoms with Crippen LogP contribution < -0.4 is 0 Å². The van der Waals surface area contributed by atoms with E-state index in [9.17, 15) is 0 Å². The topological polar surface area (TPSA) is 23.5 Å². The predicted molar refractivity (Wildman–Crippen MR) is 42.5 cm³/mol. The second-order valence-corrected chi connectivity index (χ2v) is 2.11. The molecule has 9 heavy (non-hydrogen) atoms. The number of hydrogen-bond acceptors (Lipinski definition) is 2. The van der Waals surface area contributed by atoms with Gasteiger partial charge in [0, 0.05) is 13.6 Å². The lowest BCUT2D eigenvalue weighted by Crippen LogP contribution is -2.26. The van der Waals surface area contributed by atoms with E-state index < -0.39 is 0 Å². The van der Waals surface area contributed by atoms with E-state index in [1.807, 2.05) is 7.05 Å². The van der Waals surface area contributed by atoms with Crippen molar-refractivity contribution < 1.29 is 5.11 Å². The highest BCUT2D eigenvalue weighted by molar-refractivity contribution is 7.80. The van der Waals surface area contributed by atoms with Crippen LogP contribution in [0.1, 0.15) is 0 Å². The minimum absolute atomic E-state index is 0.129. The highest BCUT2D eigenvalue weighted by Crippen LogP contribution is 1.86. The summed E-state index contributed by atoms with van der Waals surface area (Å²) in [5.41, 5.74) is 0. The van der Waals surface area contributed by atoms with Crippen LogP contribution in [0.25, 0.3) is 0 Å². The van der Waals surface area contributed by atoms with Gasteiger partial charge in [-0.1, -0.05) is 18.8 Å². The van der Waals surface area contributed by atoms with E-state index in [0.29, 0.717) is 11.5 Å². The average Bonchev–Trinajstić information content (AvgIpc) is 1.87. The Balaban J connectivity index is 3.58. The summed E-state index contributed by atoms with van der Waals surface area (Å²) < 4.78 is 0. The first kappa shape index (κ1) is 8.59. The molecule has 0 saturated carbocycles. The van der Waals surface area contributed by atoms with E-state index in [2.05, 4.69) is 6.58 Å². The van der Waals surface area contributed by atoms with Crippen molar-refractivity contribution in [1.29, 1.82) is 0 Å². The highest BCUT2D eigenvalue weighted by Gasteiger charge is 1.95. The summed E-state index contributed by atoms with van der Waals surface area (Å²) in [7, 11) is 1.82. The van der Waals surface area contributed by atoms with E-state index in [1.54, 1.807) is 11.0 Å². The van der Waals surface area contributed by atoms with Crippen molar-refractivity contribution in [2.75, 3.05) is 20.2 Å². The van der Waals surface area contributed by atoms with Crippen LogP contribution in [0.4, 0.5) is 0 Å². The van der Waals surface area contributed by atoms with Crippen molar-refractivity contribution in [2.24, 2.45) is 0 Å². The van der Waals surface area contributed by atoms with Crippen LogP contribution in [0.3, 0.4) is 0 Å². The summed E-state index contributed by atoms with van der Waals surface area (Å²) in [4.78, 5) is 2.44. The lowest BCUT2D eigenvalue weighted by molar-refractivity contribution is 0.265. The maximum Gasteiger partial charge on any atom is 0.101 e. The fourth-order valence-electron chi connectivity index (χ4n) is 0.416. The van der Waals surface area contributed by atoms with Crippen molar-refractivity contribution in [3.05, 3.63) is 12.7 Å². The van der Waals surface area contributed by atoms with Gasteiger partial charge in [0.25, 0.3) is 0 Å². The molecule has 0 unspecified atom stereocenters. The molecule has 0 saturated heterocycles. The Hall–Kier alpha value is -0.410. The molecule has 0 aliphatic heterocycles. The second kappa shape index (κ2) is 4.47. The van der Waals surface area contributed by atoms with Gasteiger partial charge in [0.1, 0.15) is 4.99 Å². The zero-order chi connectivity index (χ0) is 7.28. The van der Waals surface area contributed by atoms with Gasteiger partial charge in [-0.25, -0.2) is 0 Å². The Bertz CT molecular complexity index is 114. The number of nitrogens with zero attached hydrogens (tertiary/aromatic N) is 1. The van der Waals surface area contributed by atoms with Crippen molar-refractivity contribution in [2.45, 2.75) is 0 Å². The van der Waals surface area contributed by atoms with Crippen molar-refractivity contribution >= 4 is 17.2 Å². The molecule has 0 atom stereocenters. The van der Waals surface area contributed by atoms with Gasteiger partial charge in [-0.3, -0.25) is 0 Å². The lowest BCUT2D eigenvalue weighted by atomic mass is 10.5. The van der Waals surface area contributed by atoms with Gasteiger partial charge in [0.2, 0.25) is 0 Å². The summed E-state index contributed by atoms with van der Waals surface area (Å²) in [5, 5.41) is 8.45. The molecule has 0 rings (SSSR count).